The van der Waals surface area contributed by atoms with Gasteiger partial charge in [0.1, 0.15) is 11.3 Å². The molecule has 0 aliphatic heterocycles. The third-order valence-electron chi connectivity index (χ3n) is 4.59. The predicted octanol–water partition coefficient (Wildman–Crippen LogP) is 5.19. The van der Waals surface area contributed by atoms with Crippen molar-refractivity contribution in [1.82, 2.24) is 14.7 Å². The lowest BCUT2D eigenvalue weighted by Crippen LogP contribution is -2.35. The number of aryl methyl sites for hydroxylation is 1. The second-order valence-electron chi connectivity index (χ2n) is 6.59. The van der Waals surface area contributed by atoms with Gasteiger partial charge in [0.2, 0.25) is 5.95 Å². The molecule has 1 aromatic heterocycles. The van der Waals surface area contributed by atoms with Crippen molar-refractivity contribution >= 4 is 34.8 Å². The van der Waals surface area contributed by atoms with E-state index in [4.69, 9.17) is 11.6 Å². The zero-order chi connectivity index (χ0) is 20.6. The summed E-state index contributed by atoms with van der Waals surface area (Å²) in [6, 6.07) is 5.35. The van der Waals surface area contributed by atoms with E-state index in [2.05, 4.69) is 11.7 Å². The highest BCUT2D eigenvalue weighted by Gasteiger charge is 2.38. The molecule has 1 aliphatic carbocycles. The quantitative estimate of drug-likeness (QED) is 0.568. The number of carbonyl (C=O) groups is 1. The summed E-state index contributed by atoms with van der Waals surface area (Å²) >= 11 is 7.87. The first-order valence-corrected chi connectivity index (χ1v) is 10.2. The maximum atomic E-state index is 14.4. The van der Waals surface area contributed by atoms with Gasteiger partial charge in [0.25, 0.3) is 12.3 Å². The number of rotatable bonds is 7. The number of benzene rings is 1. The monoisotopic (exact) mass is 429 g/mol. The summed E-state index contributed by atoms with van der Waals surface area (Å²) in [6.45, 7) is 4.07. The van der Waals surface area contributed by atoms with E-state index in [9.17, 15) is 18.0 Å². The number of hydrogen-bond donors (Lipinski definition) is 0. The lowest BCUT2D eigenvalue weighted by atomic mass is 10.1. The molecule has 1 fully saturated rings. The van der Waals surface area contributed by atoms with E-state index >= 15 is 0 Å². The van der Waals surface area contributed by atoms with E-state index in [-0.39, 0.29) is 12.6 Å². The van der Waals surface area contributed by atoms with Gasteiger partial charge in [-0.3, -0.25) is 4.79 Å². The fourth-order valence-electron chi connectivity index (χ4n) is 2.97. The molecule has 0 unspecified atom stereocenters. The van der Waals surface area contributed by atoms with Gasteiger partial charge in [-0.15, -0.1) is 11.8 Å². The van der Waals surface area contributed by atoms with Crippen LogP contribution in [0.1, 0.15) is 40.9 Å². The van der Waals surface area contributed by atoms with Crippen LogP contribution in [0.15, 0.2) is 29.7 Å². The summed E-state index contributed by atoms with van der Waals surface area (Å²) in [6.07, 6.45) is 0.331. The maximum Gasteiger partial charge on any atom is 0.283 e. The first kappa shape index (κ1) is 20.8. The van der Waals surface area contributed by atoms with Gasteiger partial charge in [-0.2, -0.15) is 9.49 Å². The highest BCUT2D eigenvalue weighted by molar-refractivity contribution is 7.98. The third-order valence-corrected chi connectivity index (χ3v) is 5.63. The fraction of sp³-hybridized carbons (Fsp3) is 0.368. The normalized spacial score (nSPS) is 13.8. The van der Waals surface area contributed by atoms with Crippen LogP contribution >= 0.6 is 23.4 Å². The van der Waals surface area contributed by atoms with Crippen LogP contribution in [0.4, 0.5) is 13.2 Å². The highest BCUT2D eigenvalue weighted by Crippen LogP contribution is 2.34. The van der Waals surface area contributed by atoms with Gasteiger partial charge in [0.05, 0.1) is 0 Å². The number of hydrogen-bond acceptors (Lipinski definition) is 3. The SMILES string of the molecule is C=C(CN(C(=O)c1c(C(F)F)nn(C)c1F)C1CC1)c1ccc(SC)cc1Cl. The molecule has 1 heterocycles. The second kappa shape index (κ2) is 8.21. The molecule has 1 aromatic carbocycles. The minimum atomic E-state index is -3.05. The standard InChI is InChI=1S/C19H19ClF3N3OS/c1-10(13-7-6-12(28-3)8-14(13)20)9-26(11-4-5-11)19(27)15-16(17(21)22)24-25(2)18(15)23/h6-8,11,17H,1,4-5,9H2,2-3H3. The van der Waals surface area contributed by atoms with Gasteiger partial charge in [-0.05, 0) is 42.4 Å². The Morgan fingerprint density at radius 1 is 1.46 bits per heavy atom. The molecule has 2 aromatic rings. The molecule has 1 aliphatic rings. The molecule has 3 rings (SSSR count). The number of alkyl halides is 2. The Balaban J connectivity index is 1.89. The van der Waals surface area contributed by atoms with Crippen LogP contribution in [0, 0.1) is 5.95 Å². The Morgan fingerprint density at radius 3 is 2.68 bits per heavy atom. The van der Waals surface area contributed by atoms with E-state index in [0.29, 0.717) is 20.8 Å². The molecular weight excluding hydrogens is 411 g/mol. The number of thioether (sulfide) groups is 1. The Labute approximate surface area is 170 Å². The van der Waals surface area contributed by atoms with Crippen LogP contribution in [-0.4, -0.2) is 39.4 Å². The van der Waals surface area contributed by atoms with Crippen molar-refractivity contribution in [1.29, 1.82) is 0 Å². The number of nitrogens with zero attached hydrogens (tertiary/aromatic N) is 3. The van der Waals surface area contributed by atoms with Crippen LogP contribution in [0.25, 0.3) is 5.57 Å². The predicted molar refractivity (Wildman–Crippen MR) is 104 cm³/mol. The first-order valence-electron chi connectivity index (χ1n) is 8.57. The number of amides is 1. The molecule has 28 heavy (non-hydrogen) atoms. The number of halogens is 4. The van der Waals surface area contributed by atoms with Crippen LogP contribution in [0.2, 0.25) is 5.02 Å². The molecule has 1 saturated carbocycles. The van der Waals surface area contributed by atoms with E-state index in [1.165, 1.54) is 11.9 Å². The molecule has 0 spiro atoms. The van der Waals surface area contributed by atoms with Crippen molar-refractivity contribution in [2.24, 2.45) is 7.05 Å². The smallest absolute Gasteiger partial charge is 0.283 e. The minimum Gasteiger partial charge on any atom is -0.331 e. The number of carbonyl (C=O) groups excluding carboxylic acids is 1. The Hall–Kier alpha value is -1.93. The van der Waals surface area contributed by atoms with E-state index in [0.717, 1.165) is 17.7 Å². The molecule has 0 saturated heterocycles. The van der Waals surface area contributed by atoms with Crippen molar-refractivity contribution in [3.63, 3.8) is 0 Å². The molecule has 1 amide bonds. The molecule has 0 bridgehead atoms. The van der Waals surface area contributed by atoms with Crippen molar-refractivity contribution in [3.05, 3.63) is 52.6 Å². The lowest BCUT2D eigenvalue weighted by molar-refractivity contribution is 0.0747. The largest absolute Gasteiger partial charge is 0.331 e. The first-order chi connectivity index (χ1) is 13.2. The van der Waals surface area contributed by atoms with Gasteiger partial charge in [-0.1, -0.05) is 24.2 Å². The van der Waals surface area contributed by atoms with Gasteiger partial charge >= 0.3 is 0 Å². The summed E-state index contributed by atoms with van der Waals surface area (Å²) in [5.74, 6) is -1.87. The van der Waals surface area contributed by atoms with Gasteiger partial charge in [-0.25, -0.2) is 13.5 Å². The third kappa shape index (κ3) is 4.07. The molecule has 4 nitrogen and oxygen atoms in total. The lowest BCUT2D eigenvalue weighted by Gasteiger charge is -2.24. The summed E-state index contributed by atoms with van der Waals surface area (Å²) in [5, 5.41) is 3.95. The molecular formula is C19H19ClF3N3OS. The summed E-state index contributed by atoms with van der Waals surface area (Å²) < 4.78 is 41.5. The Morgan fingerprint density at radius 2 is 2.14 bits per heavy atom. The fourth-order valence-corrected chi connectivity index (χ4v) is 3.79. The minimum absolute atomic E-state index is 0.0683. The average molecular weight is 430 g/mol. The van der Waals surface area contributed by atoms with Crippen molar-refractivity contribution in [2.45, 2.75) is 30.2 Å². The Kier molecular flexibility index (Phi) is 6.09. The average Bonchev–Trinajstić information content (AvgIpc) is 3.44. The summed E-state index contributed by atoms with van der Waals surface area (Å²) in [4.78, 5) is 15.3. The van der Waals surface area contributed by atoms with Crippen molar-refractivity contribution in [2.75, 3.05) is 12.8 Å². The summed E-state index contributed by atoms with van der Waals surface area (Å²) in [7, 11) is 1.19. The highest BCUT2D eigenvalue weighted by atomic mass is 35.5. The van der Waals surface area contributed by atoms with E-state index in [1.54, 1.807) is 23.9 Å². The van der Waals surface area contributed by atoms with Crippen LogP contribution in [0.5, 0.6) is 0 Å². The van der Waals surface area contributed by atoms with Gasteiger partial charge in [0, 0.05) is 29.6 Å². The van der Waals surface area contributed by atoms with Gasteiger partial charge in [0.15, 0.2) is 0 Å². The molecule has 9 heteroatoms. The summed E-state index contributed by atoms with van der Waals surface area (Å²) in [5.41, 5.74) is -0.302. The topological polar surface area (TPSA) is 38.1 Å². The zero-order valence-electron chi connectivity index (χ0n) is 15.4. The van der Waals surface area contributed by atoms with E-state index < -0.39 is 29.5 Å². The van der Waals surface area contributed by atoms with Crippen LogP contribution < -0.4 is 0 Å². The maximum absolute atomic E-state index is 14.4. The van der Waals surface area contributed by atoms with Crippen LogP contribution in [-0.2, 0) is 7.05 Å². The Bertz CT molecular complexity index is 927. The molecule has 0 N–H and O–H groups in total. The van der Waals surface area contributed by atoms with Crippen LogP contribution in [0.3, 0.4) is 0 Å². The zero-order valence-corrected chi connectivity index (χ0v) is 17.0. The molecule has 0 radical (unpaired) electrons. The number of aromatic nitrogens is 2. The molecule has 0 atom stereocenters. The van der Waals surface area contributed by atoms with Crippen molar-refractivity contribution < 1.29 is 18.0 Å². The second-order valence-corrected chi connectivity index (χ2v) is 7.88. The van der Waals surface area contributed by atoms with Crippen molar-refractivity contribution in [3.8, 4) is 0 Å². The molecule has 150 valence electrons. The van der Waals surface area contributed by atoms with E-state index in [1.807, 2.05) is 12.3 Å². The van der Waals surface area contributed by atoms with Gasteiger partial charge < -0.3 is 4.90 Å².